The van der Waals surface area contributed by atoms with E-state index in [1.54, 1.807) is 0 Å². The fraction of sp³-hybridized carbons (Fsp3) is 0.0750. The molecule has 0 aliphatic heterocycles. The first-order valence-corrected chi connectivity index (χ1v) is 15.9. The van der Waals surface area contributed by atoms with Crippen molar-refractivity contribution >= 4 is 40.3 Å². The highest BCUT2D eigenvalue weighted by Crippen LogP contribution is 2.41. The third-order valence-corrected chi connectivity index (χ3v) is 8.49. The zero-order valence-electron chi connectivity index (χ0n) is 26.0. The number of hydrogen-bond donors (Lipinski definition) is 4. The second kappa shape index (κ2) is 12.9. The predicted molar refractivity (Wildman–Crippen MR) is 190 cm³/mol. The van der Waals surface area contributed by atoms with E-state index in [4.69, 9.17) is 4.74 Å². The second-order valence-corrected chi connectivity index (χ2v) is 11.7. The maximum absolute atomic E-state index is 10.6. The van der Waals surface area contributed by atoms with Gasteiger partial charge in [0.15, 0.2) is 0 Å². The van der Waals surface area contributed by atoms with Crippen molar-refractivity contribution < 1.29 is 9.84 Å². The zero-order chi connectivity index (χ0) is 32.3. The van der Waals surface area contributed by atoms with E-state index >= 15 is 0 Å². The van der Waals surface area contributed by atoms with Gasteiger partial charge in [-0.1, -0.05) is 96.6 Å². The minimum Gasteiger partial charge on any atom is -0.424 e. The Bertz CT molecular complexity index is 2160. The van der Waals surface area contributed by atoms with Gasteiger partial charge in [0.2, 0.25) is 11.9 Å². The number of anilines is 4. The van der Waals surface area contributed by atoms with E-state index in [0.717, 1.165) is 40.0 Å². The summed E-state index contributed by atoms with van der Waals surface area (Å²) in [6.45, 7) is -0.225. The molecule has 48 heavy (non-hydrogen) atoms. The summed E-state index contributed by atoms with van der Waals surface area (Å²) < 4.78 is 6.30. The Morgan fingerprint density at radius 3 is 2.06 bits per heavy atom. The average molecular weight is 629 g/mol. The highest BCUT2D eigenvalue weighted by atomic mass is 16.5. The van der Waals surface area contributed by atoms with Gasteiger partial charge in [0.1, 0.15) is 5.75 Å². The number of fused-ring (bicyclic) bond motifs is 2. The van der Waals surface area contributed by atoms with Crippen molar-refractivity contribution in [2.24, 2.45) is 0 Å². The number of rotatable bonds is 10. The van der Waals surface area contributed by atoms with Crippen molar-refractivity contribution in [3.63, 3.8) is 0 Å². The first kappa shape index (κ1) is 29.2. The molecule has 234 valence electrons. The first-order chi connectivity index (χ1) is 23.7. The molecular weight excluding hydrogens is 596 g/mol. The van der Waals surface area contributed by atoms with E-state index in [2.05, 4.69) is 91.2 Å². The van der Waals surface area contributed by atoms with Crippen molar-refractivity contribution in [2.45, 2.75) is 18.9 Å². The quantitative estimate of drug-likeness (QED) is 0.120. The average Bonchev–Trinajstić information content (AvgIpc) is 3.74. The Morgan fingerprint density at radius 1 is 0.708 bits per heavy atom. The van der Waals surface area contributed by atoms with Gasteiger partial charge < -0.3 is 25.5 Å². The SMILES string of the molecule is OCc1cc(C(C2=Cc3ccccc3C2)c2cc3ccccc3[nH]2)ccc1Oc1nc(Nc2ccccc2)nc(Nc2ccccc2)n1. The highest BCUT2D eigenvalue weighted by molar-refractivity contribution is 5.81. The van der Waals surface area contributed by atoms with Gasteiger partial charge in [-0.15, -0.1) is 0 Å². The second-order valence-electron chi connectivity index (χ2n) is 11.7. The van der Waals surface area contributed by atoms with Crippen LogP contribution in [0, 0.1) is 0 Å². The van der Waals surface area contributed by atoms with Crippen LogP contribution in [-0.2, 0) is 13.0 Å². The van der Waals surface area contributed by atoms with E-state index in [1.807, 2.05) is 78.9 Å². The lowest BCUT2D eigenvalue weighted by Crippen LogP contribution is -2.08. The van der Waals surface area contributed by atoms with Crippen LogP contribution < -0.4 is 15.4 Å². The van der Waals surface area contributed by atoms with E-state index in [1.165, 1.54) is 16.7 Å². The maximum Gasteiger partial charge on any atom is 0.328 e. The number of nitrogens with zero attached hydrogens (tertiary/aromatic N) is 3. The molecule has 4 N–H and O–H groups in total. The van der Waals surface area contributed by atoms with Crippen molar-refractivity contribution in [2.75, 3.05) is 10.6 Å². The number of aliphatic hydroxyl groups is 1. The lowest BCUT2D eigenvalue weighted by Gasteiger charge is -2.20. The Morgan fingerprint density at radius 2 is 1.38 bits per heavy atom. The van der Waals surface area contributed by atoms with Crippen molar-refractivity contribution in [3.05, 3.63) is 167 Å². The van der Waals surface area contributed by atoms with Gasteiger partial charge in [-0.3, -0.25) is 0 Å². The number of ether oxygens (including phenoxy) is 1. The van der Waals surface area contributed by atoms with Gasteiger partial charge in [-0.2, -0.15) is 15.0 Å². The number of para-hydroxylation sites is 3. The molecule has 0 amide bonds. The molecule has 1 aliphatic carbocycles. The van der Waals surface area contributed by atoms with Crippen LogP contribution in [0.3, 0.4) is 0 Å². The van der Waals surface area contributed by atoms with Gasteiger partial charge >= 0.3 is 6.01 Å². The van der Waals surface area contributed by atoms with Crippen LogP contribution in [0.1, 0.15) is 33.9 Å². The minimum absolute atomic E-state index is 0.0512. The molecular formula is C40H32N6O2. The molecule has 2 heterocycles. The van der Waals surface area contributed by atoms with Crippen molar-refractivity contribution in [1.82, 2.24) is 19.9 Å². The molecule has 5 aromatic carbocycles. The standard InChI is InChI=1S/C40H32N6O2/c47-25-31-23-29(37(30-21-26-11-7-8-12-27(26)22-30)35-24-28-13-9-10-18-34(28)43-35)19-20-36(31)48-40-45-38(41-32-14-3-1-4-15-32)44-39(46-40)42-33-16-5-2-6-17-33/h1-21,23-24,37,43,47H,22,25H2,(H2,41,42,44,45,46). The fourth-order valence-electron chi connectivity index (χ4n) is 6.25. The smallest absolute Gasteiger partial charge is 0.328 e. The number of aliphatic hydroxyl groups excluding tert-OH is 1. The van der Waals surface area contributed by atoms with Gasteiger partial charge in [-0.25, -0.2) is 0 Å². The maximum atomic E-state index is 10.6. The van der Waals surface area contributed by atoms with E-state index < -0.39 is 0 Å². The molecule has 0 fully saturated rings. The molecule has 8 rings (SSSR count). The molecule has 8 nitrogen and oxygen atoms in total. The summed E-state index contributed by atoms with van der Waals surface area (Å²) in [5, 5.41) is 18.2. The molecule has 0 saturated heterocycles. The summed E-state index contributed by atoms with van der Waals surface area (Å²) >= 11 is 0. The predicted octanol–water partition coefficient (Wildman–Crippen LogP) is 8.90. The fourth-order valence-corrected chi connectivity index (χ4v) is 6.25. The Kier molecular flexibility index (Phi) is 7.82. The third kappa shape index (κ3) is 6.12. The Balaban J connectivity index is 1.15. The molecule has 8 heteroatoms. The summed E-state index contributed by atoms with van der Waals surface area (Å²) in [6.07, 6.45) is 3.14. The Hall–Kier alpha value is -6.25. The number of allylic oxidation sites excluding steroid dienone is 1. The summed E-state index contributed by atoms with van der Waals surface area (Å²) in [6, 6.07) is 44.4. The number of hydrogen-bond acceptors (Lipinski definition) is 7. The molecule has 1 unspecified atom stereocenters. The van der Waals surface area contributed by atoms with E-state index in [9.17, 15) is 5.11 Å². The molecule has 2 aromatic heterocycles. The van der Waals surface area contributed by atoms with Crippen LogP contribution in [0.15, 0.2) is 139 Å². The van der Waals surface area contributed by atoms with Gasteiger partial charge in [0, 0.05) is 34.1 Å². The van der Waals surface area contributed by atoms with Crippen LogP contribution in [-0.4, -0.2) is 25.0 Å². The summed E-state index contributed by atoms with van der Waals surface area (Å²) in [5.74, 6) is 1.05. The number of nitrogens with one attached hydrogen (secondary N) is 3. The van der Waals surface area contributed by atoms with Crippen LogP contribution in [0.2, 0.25) is 0 Å². The minimum atomic E-state index is -0.225. The van der Waals surface area contributed by atoms with Crippen molar-refractivity contribution in [3.8, 4) is 11.8 Å². The van der Waals surface area contributed by atoms with Crippen LogP contribution in [0.25, 0.3) is 17.0 Å². The lowest BCUT2D eigenvalue weighted by molar-refractivity contribution is 0.275. The molecule has 0 spiro atoms. The summed E-state index contributed by atoms with van der Waals surface area (Å²) in [7, 11) is 0. The molecule has 1 atom stereocenters. The number of benzene rings is 5. The number of aromatic nitrogens is 4. The topological polar surface area (TPSA) is 108 Å². The number of aromatic amines is 1. The zero-order valence-corrected chi connectivity index (χ0v) is 26.0. The van der Waals surface area contributed by atoms with Crippen LogP contribution >= 0.6 is 0 Å². The molecule has 7 aromatic rings. The van der Waals surface area contributed by atoms with Gasteiger partial charge in [0.25, 0.3) is 0 Å². The normalized spacial score (nSPS) is 12.7. The molecule has 0 radical (unpaired) electrons. The molecule has 0 saturated carbocycles. The van der Waals surface area contributed by atoms with Crippen LogP contribution in [0.5, 0.6) is 11.8 Å². The molecule has 1 aliphatic rings. The monoisotopic (exact) mass is 628 g/mol. The van der Waals surface area contributed by atoms with Gasteiger partial charge in [0.05, 0.1) is 6.61 Å². The Labute approximate surface area is 277 Å². The summed E-state index contributed by atoms with van der Waals surface area (Å²) in [5.41, 5.74) is 9.34. The molecule has 0 bridgehead atoms. The van der Waals surface area contributed by atoms with E-state index in [-0.39, 0.29) is 18.5 Å². The number of H-pyrrole nitrogens is 1. The largest absolute Gasteiger partial charge is 0.424 e. The first-order valence-electron chi connectivity index (χ1n) is 15.9. The van der Waals surface area contributed by atoms with Crippen molar-refractivity contribution in [1.29, 1.82) is 0 Å². The third-order valence-electron chi connectivity index (χ3n) is 8.49. The summed E-state index contributed by atoms with van der Waals surface area (Å²) in [4.78, 5) is 17.4. The van der Waals surface area contributed by atoms with Crippen LogP contribution in [0.4, 0.5) is 23.3 Å². The lowest BCUT2D eigenvalue weighted by atomic mass is 9.86. The van der Waals surface area contributed by atoms with E-state index in [0.29, 0.717) is 23.2 Å². The van der Waals surface area contributed by atoms with Gasteiger partial charge in [-0.05, 0) is 77.0 Å². The highest BCUT2D eigenvalue weighted by Gasteiger charge is 2.26.